The van der Waals surface area contributed by atoms with Crippen LogP contribution in [0.1, 0.15) is 24.0 Å². The fraction of sp³-hybridized carbons (Fsp3) is 0.520. The molecule has 1 unspecified atom stereocenters. The molecule has 2 atom stereocenters. The predicted octanol–water partition coefficient (Wildman–Crippen LogP) is 3.13. The lowest BCUT2D eigenvalue weighted by atomic mass is 9.92. The predicted molar refractivity (Wildman–Crippen MR) is 118 cm³/mol. The normalized spacial score (nSPS) is 23.3. The van der Waals surface area contributed by atoms with Crippen molar-refractivity contribution in [3.63, 3.8) is 0 Å². The molecule has 0 aromatic heterocycles. The molecule has 162 valence electrons. The van der Waals surface area contributed by atoms with Crippen molar-refractivity contribution in [2.24, 2.45) is 5.92 Å². The van der Waals surface area contributed by atoms with Crippen LogP contribution in [-0.4, -0.2) is 66.7 Å². The summed E-state index contributed by atoms with van der Waals surface area (Å²) in [6.07, 6.45) is 1.55. The van der Waals surface area contributed by atoms with Crippen LogP contribution < -0.4 is 0 Å². The van der Waals surface area contributed by atoms with Crippen molar-refractivity contribution >= 4 is 0 Å². The summed E-state index contributed by atoms with van der Waals surface area (Å²) < 4.78 is 11.1. The molecule has 2 aliphatic rings. The first-order chi connectivity index (χ1) is 14.8. The molecule has 0 radical (unpaired) electrons. The molecule has 0 saturated carbocycles. The Bertz CT molecular complexity index is 695. The monoisotopic (exact) mass is 410 g/mol. The molecule has 2 aliphatic heterocycles. The van der Waals surface area contributed by atoms with Gasteiger partial charge in [0.05, 0.1) is 19.3 Å². The van der Waals surface area contributed by atoms with Crippen LogP contribution in [0.3, 0.4) is 0 Å². The summed E-state index contributed by atoms with van der Waals surface area (Å²) in [4.78, 5) is 4.83. The summed E-state index contributed by atoms with van der Waals surface area (Å²) in [6, 6.07) is 21.3. The van der Waals surface area contributed by atoms with Gasteiger partial charge in [-0.2, -0.15) is 0 Å². The number of rotatable bonds is 9. The van der Waals surface area contributed by atoms with Crippen molar-refractivity contribution in [1.82, 2.24) is 9.80 Å². The highest BCUT2D eigenvalue weighted by Gasteiger charge is 2.30. The van der Waals surface area contributed by atoms with Crippen molar-refractivity contribution in [2.75, 3.05) is 39.4 Å². The number of aliphatic hydroxyl groups excluding tert-OH is 1. The van der Waals surface area contributed by atoms with Gasteiger partial charge in [0, 0.05) is 45.1 Å². The maximum atomic E-state index is 10.9. The molecule has 2 saturated heterocycles. The molecule has 0 amide bonds. The highest BCUT2D eigenvalue weighted by molar-refractivity contribution is 5.17. The van der Waals surface area contributed by atoms with E-state index < -0.39 is 0 Å². The Balaban J connectivity index is 1.32. The average molecular weight is 411 g/mol. The molecule has 5 nitrogen and oxygen atoms in total. The molecule has 0 spiro atoms. The zero-order valence-electron chi connectivity index (χ0n) is 17.7. The second-order valence-corrected chi connectivity index (χ2v) is 8.52. The van der Waals surface area contributed by atoms with E-state index in [2.05, 4.69) is 70.5 Å². The standard InChI is InChI=1S/C25H34N2O3/c28-24-20-26(14-12-25-29-15-16-30-25)13-11-23(24)19-27(17-21-7-3-1-4-8-21)18-22-9-5-2-6-10-22/h1-10,23-25,28H,11-20H2/t23-,24?/m0/s1. The molecule has 30 heavy (non-hydrogen) atoms. The number of aliphatic hydroxyl groups is 1. The molecule has 2 aromatic rings. The summed E-state index contributed by atoms with van der Waals surface area (Å²) in [5.41, 5.74) is 2.63. The van der Waals surface area contributed by atoms with E-state index in [9.17, 15) is 5.11 Å². The van der Waals surface area contributed by atoms with E-state index in [1.165, 1.54) is 11.1 Å². The van der Waals surface area contributed by atoms with Gasteiger partial charge in [0.1, 0.15) is 0 Å². The smallest absolute Gasteiger partial charge is 0.159 e. The van der Waals surface area contributed by atoms with Crippen molar-refractivity contribution in [3.8, 4) is 0 Å². The number of hydrogen-bond donors (Lipinski definition) is 1. The fourth-order valence-electron chi connectivity index (χ4n) is 4.52. The van der Waals surface area contributed by atoms with Gasteiger partial charge in [-0.25, -0.2) is 0 Å². The third-order valence-electron chi connectivity index (χ3n) is 6.17. The molecule has 0 aliphatic carbocycles. The number of piperidine rings is 1. The number of nitrogens with zero attached hydrogens (tertiary/aromatic N) is 2. The lowest BCUT2D eigenvalue weighted by Gasteiger charge is -2.38. The van der Waals surface area contributed by atoms with Crippen LogP contribution in [0.15, 0.2) is 60.7 Å². The van der Waals surface area contributed by atoms with Gasteiger partial charge < -0.3 is 19.5 Å². The van der Waals surface area contributed by atoms with Crippen LogP contribution in [-0.2, 0) is 22.6 Å². The first kappa shape index (κ1) is 21.5. The van der Waals surface area contributed by atoms with Gasteiger partial charge in [-0.15, -0.1) is 0 Å². The lowest BCUT2D eigenvalue weighted by molar-refractivity contribution is -0.0590. The molecular weight excluding hydrogens is 376 g/mol. The number of hydrogen-bond acceptors (Lipinski definition) is 5. The van der Waals surface area contributed by atoms with Crippen LogP contribution in [0.2, 0.25) is 0 Å². The van der Waals surface area contributed by atoms with Gasteiger partial charge in [0.25, 0.3) is 0 Å². The average Bonchev–Trinajstić information content (AvgIpc) is 3.29. The minimum absolute atomic E-state index is 0.0629. The molecule has 2 heterocycles. The Morgan fingerprint density at radius 1 is 0.900 bits per heavy atom. The highest BCUT2D eigenvalue weighted by atomic mass is 16.7. The van der Waals surface area contributed by atoms with Gasteiger partial charge >= 0.3 is 0 Å². The summed E-state index contributed by atoms with van der Waals surface area (Å²) in [7, 11) is 0. The zero-order chi connectivity index (χ0) is 20.6. The Morgan fingerprint density at radius 3 is 2.07 bits per heavy atom. The van der Waals surface area contributed by atoms with Crippen molar-refractivity contribution < 1.29 is 14.6 Å². The quantitative estimate of drug-likeness (QED) is 0.688. The Labute approximate surface area is 180 Å². The Morgan fingerprint density at radius 2 is 1.50 bits per heavy atom. The molecule has 0 bridgehead atoms. The zero-order valence-corrected chi connectivity index (χ0v) is 17.7. The van der Waals surface area contributed by atoms with Crippen LogP contribution in [0.5, 0.6) is 0 Å². The van der Waals surface area contributed by atoms with Gasteiger partial charge in [-0.3, -0.25) is 4.90 Å². The first-order valence-electron chi connectivity index (χ1n) is 11.2. The highest BCUT2D eigenvalue weighted by Crippen LogP contribution is 2.22. The van der Waals surface area contributed by atoms with Gasteiger partial charge in [-0.1, -0.05) is 60.7 Å². The maximum absolute atomic E-state index is 10.9. The summed E-state index contributed by atoms with van der Waals surface area (Å²) in [5.74, 6) is 0.299. The molecule has 2 fully saturated rings. The molecular formula is C25H34N2O3. The van der Waals surface area contributed by atoms with Crippen LogP contribution in [0.25, 0.3) is 0 Å². The number of β-amino-alcohol motifs (C(OH)–C–C–N with tert-alkyl or cyclic N) is 1. The first-order valence-corrected chi connectivity index (χ1v) is 11.2. The molecule has 5 heteroatoms. The van der Waals surface area contributed by atoms with Crippen LogP contribution >= 0.6 is 0 Å². The van der Waals surface area contributed by atoms with Crippen molar-refractivity contribution in [3.05, 3.63) is 71.8 Å². The fourth-order valence-corrected chi connectivity index (χ4v) is 4.52. The minimum Gasteiger partial charge on any atom is -0.391 e. The molecule has 2 aromatic carbocycles. The van der Waals surface area contributed by atoms with E-state index in [1.807, 2.05) is 0 Å². The van der Waals surface area contributed by atoms with Crippen LogP contribution in [0.4, 0.5) is 0 Å². The third-order valence-corrected chi connectivity index (χ3v) is 6.17. The van der Waals surface area contributed by atoms with Crippen LogP contribution in [0, 0.1) is 5.92 Å². The van der Waals surface area contributed by atoms with E-state index in [1.54, 1.807) is 0 Å². The van der Waals surface area contributed by atoms with Gasteiger partial charge in [-0.05, 0) is 24.1 Å². The SMILES string of the molecule is OC1CN(CCC2OCCO2)CC[C@H]1CN(Cc1ccccc1)Cc1ccccc1. The topological polar surface area (TPSA) is 45.2 Å². The Kier molecular flexibility index (Phi) is 7.89. The van der Waals surface area contributed by atoms with Crippen molar-refractivity contribution in [2.45, 2.75) is 38.3 Å². The lowest BCUT2D eigenvalue weighted by Crippen LogP contribution is -2.48. The summed E-state index contributed by atoms with van der Waals surface area (Å²) >= 11 is 0. The van der Waals surface area contributed by atoms with E-state index >= 15 is 0 Å². The summed E-state index contributed by atoms with van der Waals surface area (Å²) in [6.45, 7) is 6.81. The van der Waals surface area contributed by atoms with Crippen molar-refractivity contribution in [1.29, 1.82) is 0 Å². The van der Waals surface area contributed by atoms with E-state index in [4.69, 9.17) is 9.47 Å². The van der Waals surface area contributed by atoms with Gasteiger partial charge in [0.2, 0.25) is 0 Å². The third kappa shape index (κ3) is 6.37. The largest absolute Gasteiger partial charge is 0.391 e. The number of likely N-dealkylation sites (tertiary alicyclic amines) is 1. The number of ether oxygens (including phenoxy) is 2. The maximum Gasteiger partial charge on any atom is 0.159 e. The summed E-state index contributed by atoms with van der Waals surface area (Å²) in [5, 5.41) is 10.9. The minimum atomic E-state index is -0.293. The van der Waals surface area contributed by atoms with E-state index in [-0.39, 0.29) is 12.4 Å². The molecule has 1 N–H and O–H groups in total. The Hall–Kier alpha value is -1.76. The van der Waals surface area contributed by atoms with E-state index in [0.29, 0.717) is 19.1 Å². The van der Waals surface area contributed by atoms with E-state index in [0.717, 1.165) is 52.1 Å². The number of benzene rings is 2. The van der Waals surface area contributed by atoms with Gasteiger partial charge in [0.15, 0.2) is 6.29 Å². The second-order valence-electron chi connectivity index (χ2n) is 8.52. The second kappa shape index (κ2) is 11.0. The molecule has 4 rings (SSSR count).